The van der Waals surface area contributed by atoms with Gasteiger partial charge in [-0.05, 0) is 32.0 Å². The lowest BCUT2D eigenvalue weighted by Gasteiger charge is -2.23. The van der Waals surface area contributed by atoms with E-state index in [2.05, 4.69) is 48.7 Å². The maximum absolute atomic E-state index is 6.09. The highest BCUT2D eigenvalue weighted by atomic mass is 16.5. The molecule has 2 aliphatic rings. The largest absolute Gasteiger partial charge is 0.354 e. The van der Waals surface area contributed by atoms with Gasteiger partial charge in [-0.3, -0.25) is 5.32 Å². The number of hydrogen-bond donors (Lipinski definition) is 2. The minimum atomic E-state index is -0.224. The minimum Gasteiger partial charge on any atom is -0.354 e. The van der Waals surface area contributed by atoms with Crippen molar-refractivity contribution in [3.05, 3.63) is 35.4 Å². The van der Waals surface area contributed by atoms with Crippen molar-refractivity contribution < 1.29 is 4.74 Å². The van der Waals surface area contributed by atoms with E-state index in [1.165, 1.54) is 11.1 Å². The summed E-state index contributed by atoms with van der Waals surface area (Å²) in [6.07, 6.45) is 0.206. The Morgan fingerprint density at radius 2 is 1.94 bits per heavy atom. The van der Waals surface area contributed by atoms with Gasteiger partial charge in [0.1, 0.15) is 5.72 Å². The van der Waals surface area contributed by atoms with Gasteiger partial charge in [0.2, 0.25) is 0 Å². The molecule has 0 amide bonds. The Balaban J connectivity index is 2.05. The zero-order chi connectivity index (χ0) is 11.3. The molecule has 1 fully saturated rings. The van der Waals surface area contributed by atoms with Crippen molar-refractivity contribution in [2.45, 2.75) is 37.8 Å². The van der Waals surface area contributed by atoms with Gasteiger partial charge in [0.25, 0.3) is 0 Å². The van der Waals surface area contributed by atoms with Crippen LogP contribution in [0.4, 0.5) is 0 Å². The first-order chi connectivity index (χ1) is 7.62. The summed E-state index contributed by atoms with van der Waals surface area (Å²) < 4.78 is 6.09. The summed E-state index contributed by atoms with van der Waals surface area (Å²) in [5.74, 6) is 0. The van der Waals surface area contributed by atoms with Crippen molar-refractivity contribution in [2.24, 2.45) is 0 Å². The lowest BCUT2D eigenvalue weighted by molar-refractivity contribution is -0.0367. The third kappa shape index (κ3) is 1.32. The molecule has 86 valence electrons. The standard InChI is InChI=1S/C13H18N2O/c1-13(2)15-11-9-7-5-4-6-8(9)10(14-3)12(11)16-13/h4-7,10-12,14-15H,1-3H3/t10-,11+,12-/m1/s1. The fourth-order valence-electron chi connectivity index (χ4n) is 2.99. The van der Waals surface area contributed by atoms with Gasteiger partial charge in [0.15, 0.2) is 0 Å². The Labute approximate surface area is 96.2 Å². The summed E-state index contributed by atoms with van der Waals surface area (Å²) in [7, 11) is 2.00. The van der Waals surface area contributed by atoms with Crippen molar-refractivity contribution >= 4 is 0 Å². The monoisotopic (exact) mass is 218 g/mol. The van der Waals surface area contributed by atoms with Crippen molar-refractivity contribution in [1.29, 1.82) is 0 Å². The molecule has 3 heteroatoms. The molecule has 3 atom stereocenters. The van der Waals surface area contributed by atoms with Gasteiger partial charge in [-0.25, -0.2) is 0 Å². The summed E-state index contributed by atoms with van der Waals surface area (Å²) >= 11 is 0. The van der Waals surface area contributed by atoms with E-state index < -0.39 is 0 Å². The van der Waals surface area contributed by atoms with Gasteiger partial charge >= 0.3 is 0 Å². The average molecular weight is 218 g/mol. The van der Waals surface area contributed by atoms with Crippen LogP contribution < -0.4 is 10.6 Å². The van der Waals surface area contributed by atoms with Crippen LogP contribution in [-0.4, -0.2) is 18.9 Å². The van der Waals surface area contributed by atoms with Gasteiger partial charge in [-0.15, -0.1) is 0 Å². The van der Waals surface area contributed by atoms with E-state index >= 15 is 0 Å². The molecular formula is C13H18N2O. The molecule has 1 aliphatic heterocycles. The van der Waals surface area contributed by atoms with Crippen LogP contribution in [0.1, 0.15) is 37.1 Å². The number of benzene rings is 1. The lowest BCUT2D eigenvalue weighted by Crippen LogP contribution is -2.35. The van der Waals surface area contributed by atoms with Crippen molar-refractivity contribution in [3.8, 4) is 0 Å². The number of likely N-dealkylation sites (N-methyl/N-ethyl adjacent to an activating group) is 1. The van der Waals surface area contributed by atoms with Crippen LogP contribution in [0.5, 0.6) is 0 Å². The number of nitrogens with one attached hydrogen (secondary N) is 2. The highest BCUT2D eigenvalue weighted by Crippen LogP contribution is 2.46. The summed E-state index contributed by atoms with van der Waals surface area (Å²) in [6, 6.07) is 9.20. The third-order valence-electron chi connectivity index (χ3n) is 3.57. The predicted octanol–water partition coefficient (Wildman–Crippen LogP) is 1.73. The van der Waals surface area contributed by atoms with E-state index in [1.807, 2.05) is 7.05 Å². The Morgan fingerprint density at radius 1 is 1.25 bits per heavy atom. The molecular weight excluding hydrogens is 200 g/mol. The molecule has 0 aromatic heterocycles. The van der Waals surface area contributed by atoms with Gasteiger partial charge < -0.3 is 10.1 Å². The Bertz CT molecular complexity index is 416. The van der Waals surface area contributed by atoms with Gasteiger partial charge in [0.05, 0.1) is 18.2 Å². The summed E-state index contributed by atoms with van der Waals surface area (Å²) in [5, 5.41) is 6.91. The van der Waals surface area contributed by atoms with E-state index in [0.717, 1.165) is 0 Å². The Morgan fingerprint density at radius 3 is 2.62 bits per heavy atom. The number of rotatable bonds is 1. The second-order valence-corrected chi connectivity index (χ2v) is 5.11. The zero-order valence-corrected chi connectivity index (χ0v) is 9.95. The third-order valence-corrected chi connectivity index (χ3v) is 3.57. The Hall–Kier alpha value is -0.900. The highest BCUT2D eigenvalue weighted by molar-refractivity contribution is 5.41. The first-order valence-corrected chi connectivity index (χ1v) is 5.84. The van der Waals surface area contributed by atoms with E-state index in [4.69, 9.17) is 4.74 Å². The summed E-state index contributed by atoms with van der Waals surface area (Å²) in [5.41, 5.74) is 2.51. The maximum atomic E-state index is 6.09. The maximum Gasteiger partial charge on any atom is 0.114 e. The van der Waals surface area contributed by atoms with Gasteiger partial charge in [0, 0.05) is 0 Å². The van der Waals surface area contributed by atoms with Gasteiger partial charge in [-0.2, -0.15) is 0 Å². The molecule has 3 rings (SSSR count). The van der Waals surface area contributed by atoms with E-state index in [1.54, 1.807) is 0 Å². The molecule has 3 nitrogen and oxygen atoms in total. The molecule has 16 heavy (non-hydrogen) atoms. The fourth-order valence-corrected chi connectivity index (χ4v) is 2.99. The van der Waals surface area contributed by atoms with E-state index in [9.17, 15) is 0 Å². The van der Waals surface area contributed by atoms with Gasteiger partial charge in [-0.1, -0.05) is 24.3 Å². The average Bonchev–Trinajstić information content (AvgIpc) is 2.69. The molecule has 1 aliphatic carbocycles. The quantitative estimate of drug-likeness (QED) is 0.753. The molecule has 2 N–H and O–H groups in total. The molecule has 0 unspecified atom stereocenters. The van der Waals surface area contributed by atoms with E-state index in [0.29, 0.717) is 12.1 Å². The Kier molecular flexibility index (Phi) is 2.11. The van der Waals surface area contributed by atoms with Crippen LogP contribution in [0.25, 0.3) is 0 Å². The second kappa shape index (κ2) is 3.29. The molecule has 1 aromatic carbocycles. The summed E-state index contributed by atoms with van der Waals surface area (Å²) in [6.45, 7) is 4.17. The smallest absolute Gasteiger partial charge is 0.114 e. The molecule has 0 bridgehead atoms. The predicted molar refractivity (Wildman–Crippen MR) is 63.1 cm³/mol. The fraction of sp³-hybridized carbons (Fsp3) is 0.538. The number of fused-ring (bicyclic) bond motifs is 3. The number of ether oxygens (including phenoxy) is 1. The van der Waals surface area contributed by atoms with Crippen LogP contribution in [0.2, 0.25) is 0 Å². The minimum absolute atomic E-state index is 0.206. The highest BCUT2D eigenvalue weighted by Gasteiger charge is 2.49. The molecule has 1 heterocycles. The van der Waals surface area contributed by atoms with Crippen LogP contribution >= 0.6 is 0 Å². The van der Waals surface area contributed by atoms with Crippen LogP contribution in [0, 0.1) is 0 Å². The SMILES string of the molecule is CN[C@@H]1c2ccccc2[C@@H]2NC(C)(C)O[C@H]12. The molecule has 1 aromatic rings. The second-order valence-electron chi connectivity index (χ2n) is 5.11. The summed E-state index contributed by atoms with van der Waals surface area (Å²) in [4.78, 5) is 0. The normalized spacial score (nSPS) is 34.8. The van der Waals surface area contributed by atoms with Crippen molar-refractivity contribution in [3.63, 3.8) is 0 Å². The van der Waals surface area contributed by atoms with E-state index in [-0.39, 0.29) is 11.8 Å². The van der Waals surface area contributed by atoms with Crippen molar-refractivity contribution in [1.82, 2.24) is 10.6 Å². The van der Waals surface area contributed by atoms with Crippen molar-refractivity contribution in [2.75, 3.05) is 7.05 Å². The van der Waals surface area contributed by atoms with Crippen LogP contribution in [0.15, 0.2) is 24.3 Å². The first kappa shape index (κ1) is 10.3. The zero-order valence-electron chi connectivity index (χ0n) is 9.95. The van der Waals surface area contributed by atoms with Crippen LogP contribution in [0.3, 0.4) is 0 Å². The topological polar surface area (TPSA) is 33.3 Å². The van der Waals surface area contributed by atoms with Crippen LogP contribution in [-0.2, 0) is 4.74 Å². The first-order valence-electron chi connectivity index (χ1n) is 5.84. The lowest BCUT2D eigenvalue weighted by atomic mass is 10.1. The molecule has 0 radical (unpaired) electrons. The number of hydrogen-bond acceptors (Lipinski definition) is 3. The molecule has 0 spiro atoms. The molecule has 1 saturated heterocycles. The molecule has 0 saturated carbocycles.